The van der Waals surface area contributed by atoms with E-state index in [0.717, 1.165) is 22.1 Å². The van der Waals surface area contributed by atoms with Gasteiger partial charge in [-0.3, -0.25) is 4.79 Å². The number of piperazine rings is 1. The van der Waals surface area contributed by atoms with E-state index in [1.54, 1.807) is 12.1 Å². The number of fused-ring (bicyclic) bond motifs is 1. The number of carbonyl (C=O) groups excluding carboxylic acids is 1. The molecule has 3 rings (SSSR count). The summed E-state index contributed by atoms with van der Waals surface area (Å²) in [5.41, 5.74) is 0. The smallest absolute Gasteiger partial charge is 0.278 e. The van der Waals surface area contributed by atoms with Crippen LogP contribution in [-0.2, 0) is 14.8 Å². The van der Waals surface area contributed by atoms with E-state index in [1.165, 1.54) is 4.31 Å². The monoisotopic (exact) mass is 390 g/mol. The van der Waals surface area contributed by atoms with E-state index in [0.29, 0.717) is 37.6 Å². The van der Waals surface area contributed by atoms with Gasteiger partial charge < -0.3 is 10.2 Å². The number of nitrogens with one attached hydrogen (secondary N) is 2. The van der Waals surface area contributed by atoms with Crippen LogP contribution in [0.15, 0.2) is 47.4 Å². The van der Waals surface area contributed by atoms with Crippen molar-refractivity contribution in [3.63, 3.8) is 0 Å². The number of nitrogens with zero attached hydrogens (tertiary/aromatic N) is 1. The number of rotatable bonds is 6. The molecule has 1 amide bonds. The largest absolute Gasteiger partial charge is 0.351 e. The molecular formula is C20H28N3O3S+. The predicted molar refractivity (Wildman–Crippen MR) is 106 cm³/mol. The van der Waals surface area contributed by atoms with Crippen molar-refractivity contribution < 1.29 is 18.1 Å². The Morgan fingerprint density at radius 2 is 1.81 bits per heavy atom. The Hall–Kier alpha value is -1.96. The van der Waals surface area contributed by atoms with Gasteiger partial charge in [0, 0.05) is 6.54 Å². The van der Waals surface area contributed by atoms with Crippen LogP contribution in [-0.4, -0.2) is 57.4 Å². The van der Waals surface area contributed by atoms with Crippen molar-refractivity contribution in [2.24, 2.45) is 0 Å². The molecular weight excluding hydrogens is 362 g/mol. The maximum Gasteiger partial charge on any atom is 0.278 e. The zero-order valence-electron chi connectivity index (χ0n) is 15.9. The second-order valence-corrected chi connectivity index (χ2v) is 9.02. The number of sulfonamides is 1. The van der Waals surface area contributed by atoms with Crippen LogP contribution in [0.2, 0.25) is 0 Å². The molecule has 0 unspecified atom stereocenters. The first-order valence-electron chi connectivity index (χ1n) is 9.54. The van der Waals surface area contributed by atoms with Crippen LogP contribution in [0.5, 0.6) is 0 Å². The third-order valence-electron chi connectivity index (χ3n) is 5.28. The molecule has 2 aromatic rings. The molecule has 1 atom stereocenters. The van der Waals surface area contributed by atoms with Gasteiger partial charge in [-0.15, -0.1) is 0 Å². The van der Waals surface area contributed by atoms with E-state index in [9.17, 15) is 13.2 Å². The summed E-state index contributed by atoms with van der Waals surface area (Å²) in [4.78, 5) is 13.6. The normalized spacial score (nSPS) is 17.7. The minimum absolute atomic E-state index is 0.0395. The Balaban J connectivity index is 1.68. The van der Waals surface area contributed by atoms with Gasteiger partial charge in [0.25, 0.3) is 5.91 Å². The Morgan fingerprint density at radius 1 is 1.15 bits per heavy atom. The van der Waals surface area contributed by atoms with Gasteiger partial charge in [-0.05, 0) is 36.2 Å². The van der Waals surface area contributed by atoms with E-state index in [1.807, 2.05) is 44.2 Å². The highest BCUT2D eigenvalue weighted by Crippen LogP contribution is 2.21. The molecule has 0 spiro atoms. The zero-order chi connectivity index (χ0) is 19.4. The lowest BCUT2D eigenvalue weighted by atomic mass is 10.1. The van der Waals surface area contributed by atoms with Crippen molar-refractivity contribution in [2.75, 3.05) is 32.7 Å². The molecule has 0 radical (unpaired) electrons. The van der Waals surface area contributed by atoms with Crippen LogP contribution in [0.4, 0.5) is 0 Å². The maximum atomic E-state index is 13.0. The SMILES string of the molecule is CCCNC(=O)[C@@H](C)[NH+]1CCN(S(=O)(=O)c2ccc3ccccc3c2)CC1. The molecule has 0 aliphatic carbocycles. The van der Waals surface area contributed by atoms with Gasteiger partial charge in [-0.1, -0.05) is 37.3 Å². The third kappa shape index (κ3) is 4.31. The standard InChI is InChI=1S/C20H27N3O3S/c1-3-10-21-20(24)16(2)22-11-13-23(14-12-22)27(25,26)19-9-8-17-6-4-5-7-18(17)15-19/h4-9,15-16H,3,10-14H2,1-2H3,(H,21,24)/p+1/t16-/m1/s1. The van der Waals surface area contributed by atoms with Crippen LogP contribution in [0, 0.1) is 0 Å². The molecule has 0 aromatic heterocycles. The van der Waals surface area contributed by atoms with Crippen molar-refractivity contribution in [2.45, 2.75) is 31.2 Å². The molecule has 2 N–H and O–H groups in total. The van der Waals surface area contributed by atoms with Crippen LogP contribution in [0.3, 0.4) is 0 Å². The van der Waals surface area contributed by atoms with Gasteiger partial charge in [0.05, 0.1) is 31.1 Å². The quantitative estimate of drug-likeness (QED) is 0.761. The molecule has 1 heterocycles. The first kappa shape index (κ1) is 19.8. The molecule has 1 fully saturated rings. The summed E-state index contributed by atoms with van der Waals surface area (Å²) in [6.07, 6.45) is 0.908. The van der Waals surface area contributed by atoms with Crippen molar-refractivity contribution in [3.8, 4) is 0 Å². The number of hydrogen-bond acceptors (Lipinski definition) is 3. The van der Waals surface area contributed by atoms with Gasteiger partial charge in [-0.25, -0.2) is 8.42 Å². The Labute approximate surface area is 161 Å². The Bertz CT molecular complexity index is 906. The van der Waals surface area contributed by atoms with Crippen LogP contribution < -0.4 is 10.2 Å². The van der Waals surface area contributed by atoms with Gasteiger partial charge in [-0.2, -0.15) is 4.31 Å². The molecule has 1 aliphatic heterocycles. The zero-order valence-corrected chi connectivity index (χ0v) is 16.8. The van der Waals surface area contributed by atoms with Crippen molar-refractivity contribution in [1.82, 2.24) is 9.62 Å². The van der Waals surface area contributed by atoms with Gasteiger partial charge in [0.1, 0.15) is 0 Å². The Kier molecular flexibility index (Phi) is 6.14. The second-order valence-electron chi connectivity index (χ2n) is 7.08. The molecule has 0 bridgehead atoms. The van der Waals surface area contributed by atoms with Gasteiger partial charge in [0.2, 0.25) is 10.0 Å². The average molecular weight is 391 g/mol. The van der Waals surface area contributed by atoms with E-state index in [-0.39, 0.29) is 11.9 Å². The first-order valence-corrected chi connectivity index (χ1v) is 11.0. The summed E-state index contributed by atoms with van der Waals surface area (Å²) in [6.45, 7) is 6.73. The third-order valence-corrected chi connectivity index (χ3v) is 7.17. The van der Waals surface area contributed by atoms with E-state index in [4.69, 9.17) is 0 Å². The summed E-state index contributed by atoms with van der Waals surface area (Å²) in [7, 11) is -3.52. The number of hydrogen-bond donors (Lipinski definition) is 2. The highest BCUT2D eigenvalue weighted by molar-refractivity contribution is 7.89. The van der Waals surface area contributed by atoms with Crippen LogP contribution >= 0.6 is 0 Å². The number of amides is 1. The fourth-order valence-corrected chi connectivity index (χ4v) is 4.99. The highest BCUT2D eigenvalue weighted by atomic mass is 32.2. The summed E-state index contributed by atoms with van der Waals surface area (Å²) in [5.74, 6) is 0.0395. The van der Waals surface area contributed by atoms with Gasteiger partial charge in [0.15, 0.2) is 6.04 Å². The summed E-state index contributed by atoms with van der Waals surface area (Å²) < 4.78 is 27.6. The topological polar surface area (TPSA) is 70.9 Å². The molecule has 7 heteroatoms. The average Bonchev–Trinajstić information content (AvgIpc) is 2.71. The number of quaternary nitrogens is 1. The fraction of sp³-hybridized carbons (Fsp3) is 0.450. The molecule has 146 valence electrons. The Morgan fingerprint density at radius 3 is 2.48 bits per heavy atom. The maximum absolute atomic E-state index is 13.0. The van der Waals surface area contributed by atoms with E-state index >= 15 is 0 Å². The minimum atomic E-state index is -3.52. The first-order chi connectivity index (χ1) is 12.9. The molecule has 6 nitrogen and oxygen atoms in total. The summed E-state index contributed by atoms with van der Waals surface area (Å²) in [6, 6.07) is 12.8. The molecule has 1 saturated heterocycles. The van der Waals surface area contributed by atoms with Crippen molar-refractivity contribution >= 4 is 26.7 Å². The van der Waals surface area contributed by atoms with Crippen molar-refractivity contribution in [3.05, 3.63) is 42.5 Å². The highest BCUT2D eigenvalue weighted by Gasteiger charge is 2.34. The summed E-state index contributed by atoms with van der Waals surface area (Å²) in [5, 5.41) is 4.87. The molecule has 27 heavy (non-hydrogen) atoms. The fourth-order valence-electron chi connectivity index (χ4n) is 3.51. The minimum Gasteiger partial charge on any atom is -0.351 e. The van der Waals surface area contributed by atoms with Crippen LogP contribution in [0.1, 0.15) is 20.3 Å². The lowest BCUT2D eigenvalue weighted by Gasteiger charge is -2.34. The van der Waals surface area contributed by atoms with E-state index in [2.05, 4.69) is 5.32 Å². The molecule has 0 saturated carbocycles. The van der Waals surface area contributed by atoms with E-state index < -0.39 is 10.0 Å². The van der Waals surface area contributed by atoms with Crippen molar-refractivity contribution in [1.29, 1.82) is 0 Å². The number of benzene rings is 2. The summed E-state index contributed by atoms with van der Waals surface area (Å²) >= 11 is 0. The number of carbonyl (C=O) groups is 1. The molecule has 2 aromatic carbocycles. The second kappa shape index (κ2) is 8.37. The van der Waals surface area contributed by atoms with Crippen LogP contribution in [0.25, 0.3) is 10.8 Å². The molecule has 1 aliphatic rings. The predicted octanol–water partition coefficient (Wildman–Crippen LogP) is 0.644. The van der Waals surface area contributed by atoms with Gasteiger partial charge >= 0.3 is 0 Å². The lowest BCUT2D eigenvalue weighted by Crippen LogP contribution is -3.19. The lowest BCUT2D eigenvalue weighted by molar-refractivity contribution is -0.917.